The van der Waals surface area contributed by atoms with Crippen LogP contribution >= 0.6 is 0 Å². The first-order valence-electron chi connectivity index (χ1n) is 4.84. The van der Waals surface area contributed by atoms with E-state index in [0.29, 0.717) is 17.8 Å². The van der Waals surface area contributed by atoms with Gasteiger partial charge in [0.05, 0.1) is 0 Å². The number of likely N-dealkylation sites (N-methyl/N-ethyl adjacent to an activating group) is 1. The maximum atomic E-state index is 11.5. The van der Waals surface area contributed by atoms with Crippen LogP contribution in [0.1, 0.15) is 6.92 Å². The van der Waals surface area contributed by atoms with Crippen LogP contribution in [0.3, 0.4) is 0 Å². The molecule has 2 rings (SSSR count). The maximum absolute atomic E-state index is 11.5. The zero-order valence-electron chi connectivity index (χ0n) is 8.73. The van der Waals surface area contributed by atoms with Crippen molar-refractivity contribution in [2.75, 3.05) is 7.05 Å². The van der Waals surface area contributed by atoms with Crippen molar-refractivity contribution in [3.8, 4) is 0 Å². The Morgan fingerprint density at radius 2 is 2.47 bits per heavy atom. The van der Waals surface area contributed by atoms with Crippen LogP contribution in [-0.2, 0) is 6.54 Å². The summed E-state index contributed by atoms with van der Waals surface area (Å²) in [7, 11) is 1.85. The smallest absolute Gasteiger partial charge is 0.406 e. The predicted molar refractivity (Wildman–Crippen MR) is 56.8 cm³/mol. The van der Waals surface area contributed by atoms with Crippen molar-refractivity contribution in [1.82, 2.24) is 14.9 Å². The summed E-state index contributed by atoms with van der Waals surface area (Å²) >= 11 is 0. The molecule has 0 aliphatic carbocycles. The number of oxazole rings is 1. The summed E-state index contributed by atoms with van der Waals surface area (Å²) < 4.78 is 6.60. The number of hydrogen-bond donors (Lipinski definition) is 1. The molecule has 1 N–H and O–H groups in total. The summed E-state index contributed by atoms with van der Waals surface area (Å²) in [4.78, 5) is 15.6. The van der Waals surface area contributed by atoms with Gasteiger partial charge in [-0.25, -0.2) is 9.78 Å². The first kappa shape index (κ1) is 9.92. The molecule has 0 amide bonds. The summed E-state index contributed by atoms with van der Waals surface area (Å²) in [5.41, 5.74) is 1.13. The lowest BCUT2D eigenvalue weighted by Crippen LogP contribution is -2.30. The average Bonchev–Trinajstić information content (AvgIpc) is 2.55. The average molecular weight is 207 g/mol. The highest BCUT2D eigenvalue weighted by Gasteiger charge is 2.11. The molecule has 2 heterocycles. The number of fused-ring (bicyclic) bond motifs is 1. The van der Waals surface area contributed by atoms with E-state index < -0.39 is 0 Å². The quantitative estimate of drug-likeness (QED) is 0.800. The van der Waals surface area contributed by atoms with Gasteiger partial charge in [0.1, 0.15) is 0 Å². The SMILES string of the molecule is CNC(C)Cn1c(=O)oc2cccnc21. The van der Waals surface area contributed by atoms with Crippen LogP contribution in [0, 0.1) is 0 Å². The number of nitrogens with zero attached hydrogens (tertiary/aromatic N) is 2. The van der Waals surface area contributed by atoms with E-state index in [2.05, 4.69) is 10.3 Å². The standard InChI is InChI=1S/C10H13N3O2/c1-7(11-2)6-13-9-8(15-10(13)14)4-3-5-12-9/h3-5,7,11H,6H2,1-2H3. The van der Waals surface area contributed by atoms with Crippen LogP contribution in [-0.4, -0.2) is 22.6 Å². The zero-order chi connectivity index (χ0) is 10.8. The van der Waals surface area contributed by atoms with Gasteiger partial charge in [-0.3, -0.25) is 4.57 Å². The van der Waals surface area contributed by atoms with E-state index in [1.54, 1.807) is 18.3 Å². The van der Waals surface area contributed by atoms with Gasteiger partial charge in [0, 0.05) is 18.8 Å². The van der Waals surface area contributed by atoms with E-state index in [1.807, 2.05) is 14.0 Å². The van der Waals surface area contributed by atoms with Crippen LogP contribution in [0.15, 0.2) is 27.5 Å². The zero-order valence-corrected chi connectivity index (χ0v) is 8.73. The summed E-state index contributed by atoms with van der Waals surface area (Å²) in [6.45, 7) is 2.55. The van der Waals surface area contributed by atoms with E-state index in [9.17, 15) is 4.79 Å². The van der Waals surface area contributed by atoms with Crippen LogP contribution < -0.4 is 11.1 Å². The van der Waals surface area contributed by atoms with Crippen LogP contribution in [0.5, 0.6) is 0 Å². The van der Waals surface area contributed by atoms with Gasteiger partial charge in [-0.15, -0.1) is 0 Å². The van der Waals surface area contributed by atoms with Crippen molar-refractivity contribution in [3.05, 3.63) is 28.9 Å². The lowest BCUT2D eigenvalue weighted by atomic mass is 10.3. The third-order valence-electron chi connectivity index (χ3n) is 2.37. The molecule has 5 heteroatoms. The first-order valence-corrected chi connectivity index (χ1v) is 4.84. The van der Waals surface area contributed by atoms with Gasteiger partial charge < -0.3 is 9.73 Å². The molecule has 0 radical (unpaired) electrons. The fourth-order valence-electron chi connectivity index (χ4n) is 1.43. The molecule has 2 aromatic heterocycles. The van der Waals surface area contributed by atoms with Gasteiger partial charge in [-0.1, -0.05) is 0 Å². The fraction of sp³-hybridized carbons (Fsp3) is 0.400. The van der Waals surface area contributed by atoms with Gasteiger partial charge in [0.2, 0.25) is 0 Å². The van der Waals surface area contributed by atoms with Crippen molar-refractivity contribution < 1.29 is 4.42 Å². The molecule has 0 aliphatic heterocycles. The molecule has 0 aliphatic rings. The number of hydrogen-bond acceptors (Lipinski definition) is 4. The highest BCUT2D eigenvalue weighted by atomic mass is 16.4. The van der Waals surface area contributed by atoms with Crippen LogP contribution in [0.4, 0.5) is 0 Å². The molecule has 5 nitrogen and oxygen atoms in total. The molecule has 1 atom stereocenters. The number of pyridine rings is 1. The van der Waals surface area contributed by atoms with Gasteiger partial charge in [-0.2, -0.15) is 0 Å². The number of aromatic nitrogens is 2. The molecule has 0 bridgehead atoms. The molecule has 80 valence electrons. The van der Waals surface area contributed by atoms with Gasteiger partial charge >= 0.3 is 5.76 Å². The van der Waals surface area contributed by atoms with E-state index >= 15 is 0 Å². The number of nitrogens with one attached hydrogen (secondary N) is 1. The van der Waals surface area contributed by atoms with Gasteiger partial charge in [0.15, 0.2) is 11.2 Å². The lowest BCUT2D eigenvalue weighted by Gasteiger charge is -2.09. The molecule has 1 unspecified atom stereocenters. The molecule has 0 saturated carbocycles. The Bertz CT molecular complexity index is 515. The normalized spacial score (nSPS) is 13.2. The van der Waals surface area contributed by atoms with E-state index in [-0.39, 0.29) is 11.8 Å². The van der Waals surface area contributed by atoms with E-state index in [0.717, 1.165) is 0 Å². The minimum Gasteiger partial charge on any atom is -0.406 e. The molecule has 0 fully saturated rings. The molecular weight excluding hydrogens is 194 g/mol. The topological polar surface area (TPSA) is 60.1 Å². The summed E-state index contributed by atoms with van der Waals surface area (Å²) in [6.07, 6.45) is 1.65. The Hall–Kier alpha value is -1.62. The first-order chi connectivity index (χ1) is 7.22. The third-order valence-corrected chi connectivity index (χ3v) is 2.37. The second kappa shape index (κ2) is 3.86. The Kier molecular flexibility index (Phi) is 2.55. The Balaban J connectivity index is 2.50. The molecule has 0 aromatic carbocycles. The fourth-order valence-corrected chi connectivity index (χ4v) is 1.43. The lowest BCUT2D eigenvalue weighted by molar-refractivity contribution is 0.459. The van der Waals surface area contributed by atoms with Crippen molar-refractivity contribution in [2.24, 2.45) is 0 Å². The second-order valence-corrected chi connectivity index (χ2v) is 3.49. The minimum atomic E-state index is -0.356. The van der Waals surface area contributed by atoms with E-state index in [1.165, 1.54) is 4.57 Å². The molecule has 15 heavy (non-hydrogen) atoms. The largest absolute Gasteiger partial charge is 0.421 e. The van der Waals surface area contributed by atoms with Gasteiger partial charge in [0.25, 0.3) is 0 Å². The van der Waals surface area contributed by atoms with Crippen molar-refractivity contribution in [1.29, 1.82) is 0 Å². The highest BCUT2D eigenvalue weighted by Crippen LogP contribution is 2.08. The molecule has 0 saturated heterocycles. The number of rotatable bonds is 3. The Morgan fingerprint density at radius 3 is 3.20 bits per heavy atom. The van der Waals surface area contributed by atoms with Crippen molar-refractivity contribution >= 4 is 11.2 Å². The van der Waals surface area contributed by atoms with Crippen molar-refractivity contribution in [3.63, 3.8) is 0 Å². The van der Waals surface area contributed by atoms with Crippen molar-refractivity contribution in [2.45, 2.75) is 19.5 Å². The Morgan fingerprint density at radius 1 is 1.67 bits per heavy atom. The molecule has 2 aromatic rings. The van der Waals surface area contributed by atoms with Gasteiger partial charge in [-0.05, 0) is 26.1 Å². The minimum absolute atomic E-state index is 0.200. The monoisotopic (exact) mass is 207 g/mol. The van der Waals surface area contributed by atoms with Crippen LogP contribution in [0.2, 0.25) is 0 Å². The second-order valence-electron chi connectivity index (χ2n) is 3.49. The molecule has 0 spiro atoms. The third kappa shape index (κ3) is 1.78. The summed E-state index contributed by atoms with van der Waals surface area (Å²) in [5.74, 6) is -0.356. The summed E-state index contributed by atoms with van der Waals surface area (Å²) in [5, 5.41) is 3.07. The summed E-state index contributed by atoms with van der Waals surface area (Å²) in [6, 6.07) is 3.69. The predicted octanol–water partition coefficient (Wildman–Crippen LogP) is 0.597. The maximum Gasteiger partial charge on any atom is 0.421 e. The van der Waals surface area contributed by atoms with Crippen LogP contribution in [0.25, 0.3) is 11.2 Å². The highest BCUT2D eigenvalue weighted by molar-refractivity contribution is 5.67. The molecular formula is C10H13N3O2. The Labute approximate surface area is 86.7 Å². The van der Waals surface area contributed by atoms with E-state index in [4.69, 9.17) is 4.42 Å².